The number of rotatable bonds is 9. The van der Waals surface area contributed by atoms with Crippen molar-refractivity contribution in [3.8, 4) is 0 Å². The van der Waals surface area contributed by atoms with Gasteiger partial charge in [0.15, 0.2) is 0 Å². The first-order valence-electron chi connectivity index (χ1n) is 9.71. The van der Waals surface area contributed by atoms with Crippen LogP contribution in [0.2, 0.25) is 0 Å². The summed E-state index contributed by atoms with van der Waals surface area (Å²) in [4.78, 5) is 1.39. The number of thioether (sulfide) groups is 1. The van der Waals surface area contributed by atoms with Crippen LogP contribution >= 0.6 is 11.8 Å². The zero-order chi connectivity index (χ0) is 18.0. The summed E-state index contributed by atoms with van der Waals surface area (Å²) in [5.74, 6) is 1.50. The van der Waals surface area contributed by atoms with Crippen LogP contribution in [0.25, 0.3) is 0 Å². The molecule has 0 amide bonds. The molecule has 0 aliphatic carbocycles. The minimum Gasteiger partial charge on any atom is -0.126 e. The third kappa shape index (κ3) is 5.25. The second kappa shape index (κ2) is 10.2. The number of benzene rings is 3. The van der Waals surface area contributed by atoms with Crippen LogP contribution in [0.4, 0.5) is 0 Å². The molecule has 1 heteroatoms. The zero-order valence-electron chi connectivity index (χ0n) is 15.6. The molecule has 3 aromatic rings. The summed E-state index contributed by atoms with van der Waals surface area (Å²) >= 11 is 1.99. The lowest BCUT2D eigenvalue weighted by molar-refractivity contribution is 0.706. The van der Waals surface area contributed by atoms with Crippen LogP contribution in [0, 0.1) is 0 Å². The molecule has 0 bridgehead atoms. The van der Waals surface area contributed by atoms with E-state index in [4.69, 9.17) is 0 Å². The van der Waals surface area contributed by atoms with Gasteiger partial charge in [0.05, 0.1) is 0 Å². The van der Waals surface area contributed by atoms with E-state index >= 15 is 0 Å². The maximum atomic E-state index is 2.38. The molecule has 3 rings (SSSR count). The predicted octanol–water partition coefficient (Wildman–Crippen LogP) is 7.54. The second-order valence-corrected chi connectivity index (χ2v) is 7.90. The molecular formula is C25H28S. The Morgan fingerprint density at radius 2 is 1.27 bits per heavy atom. The highest BCUT2D eigenvalue weighted by atomic mass is 32.2. The Hall–Kier alpha value is -1.99. The largest absolute Gasteiger partial charge is 0.126 e. The van der Waals surface area contributed by atoms with E-state index < -0.39 is 0 Å². The van der Waals surface area contributed by atoms with Crippen LogP contribution in [0.1, 0.15) is 55.2 Å². The molecule has 0 nitrogen and oxygen atoms in total. The number of hydrogen-bond acceptors (Lipinski definition) is 1. The van der Waals surface area contributed by atoms with Crippen molar-refractivity contribution < 1.29 is 0 Å². The van der Waals surface area contributed by atoms with Crippen molar-refractivity contribution in [1.82, 2.24) is 0 Å². The highest BCUT2D eigenvalue weighted by Gasteiger charge is 2.16. The lowest BCUT2D eigenvalue weighted by atomic mass is 9.85. The van der Waals surface area contributed by atoms with Gasteiger partial charge in [-0.1, -0.05) is 99.0 Å². The van der Waals surface area contributed by atoms with Gasteiger partial charge in [-0.3, -0.25) is 0 Å². The lowest BCUT2D eigenvalue weighted by Gasteiger charge is -2.19. The molecule has 0 spiro atoms. The molecule has 0 aliphatic heterocycles. The first-order chi connectivity index (χ1) is 12.9. The highest BCUT2D eigenvalue weighted by molar-refractivity contribution is 7.99. The predicted molar refractivity (Wildman–Crippen MR) is 115 cm³/mol. The van der Waals surface area contributed by atoms with Crippen molar-refractivity contribution in [2.24, 2.45) is 0 Å². The van der Waals surface area contributed by atoms with Crippen LogP contribution in [0.5, 0.6) is 0 Å². The van der Waals surface area contributed by atoms with Crippen LogP contribution in [-0.4, -0.2) is 5.75 Å². The Balaban J connectivity index is 1.82. The molecule has 0 N–H and O–H groups in total. The molecular weight excluding hydrogens is 332 g/mol. The quantitative estimate of drug-likeness (QED) is 0.216. The molecule has 0 aromatic heterocycles. The summed E-state index contributed by atoms with van der Waals surface area (Å²) in [5.41, 5.74) is 4.08. The molecule has 3 aromatic carbocycles. The van der Waals surface area contributed by atoms with Gasteiger partial charge in [-0.25, -0.2) is 0 Å². The van der Waals surface area contributed by atoms with Gasteiger partial charge < -0.3 is 0 Å². The van der Waals surface area contributed by atoms with Crippen molar-refractivity contribution >= 4 is 11.8 Å². The minimum absolute atomic E-state index is 0.290. The maximum Gasteiger partial charge on any atom is 0.0340 e. The summed E-state index contributed by atoms with van der Waals surface area (Å²) in [7, 11) is 0. The average molecular weight is 361 g/mol. The molecule has 0 fully saturated rings. The Labute approximate surface area is 162 Å². The molecule has 0 aliphatic rings. The van der Waals surface area contributed by atoms with E-state index in [1.807, 2.05) is 11.8 Å². The van der Waals surface area contributed by atoms with Crippen molar-refractivity contribution in [3.05, 3.63) is 102 Å². The fourth-order valence-electron chi connectivity index (χ4n) is 3.37. The van der Waals surface area contributed by atoms with Crippen LogP contribution in [-0.2, 0) is 0 Å². The summed E-state index contributed by atoms with van der Waals surface area (Å²) in [5, 5.41) is 0. The van der Waals surface area contributed by atoms with Gasteiger partial charge in [0.2, 0.25) is 0 Å². The fraction of sp³-hybridized carbons (Fsp3) is 0.280. The number of unbranched alkanes of at least 4 members (excludes halogenated alkanes) is 3. The van der Waals surface area contributed by atoms with E-state index in [-0.39, 0.29) is 5.92 Å². The minimum atomic E-state index is 0.290. The molecule has 0 radical (unpaired) electrons. The van der Waals surface area contributed by atoms with Crippen LogP contribution < -0.4 is 0 Å². The lowest BCUT2D eigenvalue weighted by Crippen LogP contribution is -2.03. The fourth-order valence-corrected chi connectivity index (χ4v) is 4.35. The Morgan fingerprint density at radius 3 is 1.88 bits per heavy atom. The van der Waals surface area contributed by atoms with Crippen molar-refractivity contribution in [2.75, 3.05) is 5.75 Å². The monoisotopic (exact) mass is 360 g/mol. The second-order valence-electron chi connectivity index (χ2n) is 6.74. The van der Waals surface area contributed by atoms with Crippen molar-refractivity contribution in [2.45, 2.75) is 43.4 Å². The Bertz CT molecular complexity index is 725. The smallest absolute Gasteiger partial charge is 0.0340 e. The summed E-state index contributed by atoms with van der Waals surface area (Å²) in [6.07, 6.45) is 5.31. The van der Waals surface area contributed by atoms with Crippen molar-refractivity contribution in [3.63, 3.8) is 0 Å². The topological polar surface area (TPSA) is 0 Å². The van der Waals surface area contributed by atoms with Gasteiger partial charge in [-0.2, -0.15) is 0 Å². The van der Waals surface area contributed by atoms with E-state index in [1.54, 1.807) is 0 Å². The van der Waals surface area contributed by atoms with Crippen molar-refractivity contribution in [1.29, 1.82) is 0 Å². The Kier molecular flexibility index (Phi) is 7.39. The van der Waals surface area contributed by atoms with Crippen LogP contribution in [0.3, 0.4) is 0 Å². The Morgan fingerprint density at radius 1 is 0.654 bits per heavy atom. The normalized spacial score (nSPS) is 11.0. The standard InChI is InChI=1S/C25H28S/c1-2-3-4-11-19-26-24-18-12-17-23(20-24)25(21-13-7-5-8-14-21)22-15-9-6-10-16-22/h5-10,12-18,20,25H,2-4,11,19H2,1H3. The first-order valence-corrected chi connectivity index (χ1v) is 10.7. The van der Waals surface area contributed by atoms with Gasteiger partial charge in [0.25, 0.3) is 0 Å². The molecule has 0 atom stereocenters. The molecule has 0 saturated carbocycles. The average Bonchev–Trinajstić information content (AvgIpc) is 2.70. The maximum absolute atomic E-state index is 2.38. The molecule has 26 heavy (non-hydrogen) atoms. The molecule has 0 heterocycles. The SMILES string of the molecule is CCCCCCSc1cccc(C(c2ccccc2)c2ccccc2)c1. The zero-order valence-corrected chi connectivity index (χ0v) is 16.4. The third-order valence-electron chi connectivity index (χ3n) is 4.72. The first kappa shape index (κ1) is 18.8. The van der Waals surface area contributed by atoms with E-state index in [1.165, 1.54) is 53.0 Å². The van der Waals surface area contributed by atoms with E-state index in [0.717, 1.165) is 0 Å². The van der Waals surface area contributed by atoms with E-state index in [9.17, 15) is 0 Å². The molecule has 0 unspecified atom stereocenters. The van der Waals surface area contributed by atoms with E-state index in [0.29, 0.717) is 0 Å². The van der Waals surface area contributed by atoms with Gasteiger partial charge >= 0.3 is 0 Å². The highest BCUT2D eigenvalue weighted by Crippen LogP contribution is 2.33. The van der Waals surface area contributed by atoms with Crippen LogP contribution in [0.15, 0.2) is 89.8 Å². The molecule has 134 valence electrons. The van der Waals surface area contributed by atoms with Gasteiger partial charge in [0, 0.05) is 10.8 Å². The van der Waals surface area contributed by atoms with Gasteiger partial charge in [-0.15, -0.1) is 11.8 Å². The number of hydrogen-bond donors (Lipinski definition) is 0. The van der Waals surface area contributed by atoms with Gasteiger partial charge in [0.1, 0.15) is 0 Å². The van der Waals surface area contributed by atoms with E-state index in [2.05, 4.69) is 91.9 Å². The summed E-state index contributed by atoms with van der Waals surface area (Å²) < 4.78 is 0. The summed E-state index contributed by atoms with van der Waals surface area (Å²) in [6.45, 7) is 2.27. The van der Waals surface area contributed by atoms with Gasteiger partial charge in [-0.05, 0) is 41.0 Å². The molecule has 0 saturated heterocycles. The third-order valence-corrected chi connectivity index (χ3v) is 5.80. The summed E-state index contributed by atoms with van der Waals surface area (Å²) in [6, 6.07) is 30.8.